The van der Waals surface area contributed by atoms with Crippen LogP contribution in [0.25, 0.3) is 0 Å². The van der Waals surface area contributed by atoms with Gasteiger partial charge in [-0.15, -0.1) is 0 Å². The van der Waals surface area contributed by atoms with E-state index in [4.69, 9.17) is 5.26 Å². The Labute approximate surface area is 157 Å². The molecule has 0 saturated heterocycles. The number of carbonyl (C=O) groups is 2. The highest BCUT2D eigenvalue weighted by molar-refractivity contribution is 7.89. The number of amides is 2. The van der Waals surface area contributed by atoms with Gasteiger partial charge in [0.1, 0.15) is 0 Å². The summed E-state index contributed by atoms with van der Waals surface area (Å²) < 4.78 is 27.1. The number of carbonyl (C=O) groups excluding carboxylic acids is 2. The lowest BCUT2D eigenvalue weighted by atomic mass is 10.2. The highest BCUT2D eigenvalue weighted by atomic mass is 32.2. The van der Waals surface area contributed by atoms with Gasteiger partial charge in [-0.3, -0.25) is 9.59 Å². The molecule has 0 bridgehead atoms. The Bertz CT molecular complexity index is 995. The van der Waals surface area contributed by atoms with Crippen molar-refractivity contribution < 1.29 is 18.0 Å². The number of sulfonamides is 1. The fourth-order valence-electron chi connectivity index (χ4n) is 2.19. The van der Waals surface area contributed by atoms with E-state index in [-0.39, 0.29) is 10.8 Å². The first-order valence-electron chi connectivity index (χ1n) is 7.92. The van der Waals surface area contributed by atoms with Crippen LogP contribution in [0.2, 0.25) is 0 Å². The van der Waals surface area contributed by atoms with Crippen molar-refractivity contribution in [2.45, 2.75) is 24.8 Å². The normalized spacial score (nSPS) is 11.9. The van der Waals surface area contributed by atoms with Crippen LogP contribution in [-0.2, 0) is 19.6 Å². The van der Waals surface area contributed by atoms with E-state index < -0.39 is 22.0 Å². The van der Waals surface area contributed by atoms with Gasteiger partial charge in [-0.05, 0) is 49.4 Å². The maximum Gasteiger partial charge on any atom is 0.242 e. The molecule has 0 unspecified atom stereocenters. The molecule has 2 aromatic rings. The highest BCUT2D eigenvalue weighted by Gasteiger charge is 2.22. The SMILES string of the molecule is CC(=O)Nc1ccc(S(=O)(=O)N[C@@H](C)C(=O)Nc2cccc(C#N)c2)cc1. The molecule has 2 aromatic carbocycles. The van der Waals surface area contributed by atoms with Crippen LogP contribution >= 0.6 is 0 Å². The largest absolute Gasteiger partial charge is 0.326 e. The van der Waals surface area contributed by atoms with E-state index in [1.807, 2.05) is 6.07 Å². The van der Waals surface area contributed by atoms with Crippen LogP contribution in [0.5, 0.6) is 0 Å². The Hall–Kier alpha value is -3.22. The lowest BCUT2D eigenvalue weighted by Gasteiger charge is -2.15. The van der Waals surface area contributed by atoms with Crippen LogP contribution < -0.4 is 15.4 Å². The van der Waals surface area contributed by atoms with Crippen molar-refractivity contribution in [3.8, 4) is 6.07 Å². The van der Waals surface area contributed by atoms with E-state index in [0.717, 1.165) is 0 Å². The zero-order valence-electron chi connectivity index (χ0n) is 14.7. The number of benzene rings is 2. The van der Waals surface area contributed by atoms with Gasteiger partial charge in [-0.25, -0.2) is 8.42 Å². The lowest BCUT2D eigenvalue weighted by Crippen LogP contribution is -2.41. The molecule has 0 radical (unpaired) electrons. The molecule has 1 atom stereocenters. The Kier molecular flexibility index (Phi) is 6.28. The molecule has 0 fully saturated rings. The van der Waals surface area contributed by atoms with Gasteiger partial charge in [0, 0.05) is 18.3 Å². The van der Waals surface area contributed by atoms with Crippen molar-refractivity contribution in [1.82, 2.24) is 4.72 Å². The average Bonchev–Trinajstić information content (AvgIpc) is 2.61. The third-order valence-corrected chi connectivity index (χ3v) is 5.03. The number of hydrogen-bond acceptors (Lipinski definition) is 5. The molecule has 0 aliphatic rings. The van der Waals surface area contributed by atoms with Gasteiger partial charge >= 0.3 is 0 Å². The smallest absolute Gasteiger partial charge is 0.242 e. The number of nitrogens with zero attached hydrogens (tertiary/aromatic N) is 1. The van der Waals surface area contributed by atoms with E-state index in [1.54, 1.807) is 18.2 Å². The molecule has 0 heterocycles. The molecule has 0 aromatic heterocycles. The predicted molar refractivity (Wildman–Crippen MR) is 100 cm³/mol. The van der Waals surface area contributed by atoms with Gasteiger partial charge < -0.3 is 10.6 Å². The van der Waals surface area contributed by atoms with Crippen molar-refractivity contribution in [3.05, 3.63) is 54.1 Å². The van der Waals surface area contributed by atoms with Gasteiger partial charge in [0.05, 0.1) is 22.6 Å². The summed E-state index contributed by atoms with van der Waals surface area (Å²) in [5, 5.41) is 14.0. The average molecular weight is 386 g/mol. The molecule has 0 saturated carbocycles. The highest BCUT2D eigenvalue weighted by Crippen LogP contribution is 2.15. The monoisotopic (exact) mass is 386 g/mol. The van der Waals surface area contributed by atoms with Crippen molar-refractivity contribution in [2.24, 2.45) is 0 Å². The summed E-state index contributed by atoms with van der Waals surface area (Å²) >= 11 is 0. The summed E-state index contributed by atoms with van der Waals surface area (Å²) in [6.07, 6.45) is 0. The zero-order valence-corrected chi connectivity index (χ0v) is 15.5. The van der Waals surface area contributed by atoms with Crippen molar-refractivity contribution in [2.75, 3.05) is 10.6 Å². The second-order valence-electron chi connectivity index (χ2n) is 5.73. The molecule has 0 spiro atoms. The quantitative estimate of drug-likeness (QED) is 0.698. The molecule has 2 amide bonds. The minimum absolute atomic E-state index is 0.0391. The maximum absolute atomic E-state index is 12.4. The predicted octanol–water partition coefficient (Wildman–Crippen LogP) is 1.82. The van der Waals surface area contributed by atoms with Crippen LogP contribution in [0.1, 0.15) is 19.4 Å². The van der Waals surface area contributed by atoms with Crippen LogP contribution in [0, 0.1) is 11.3 Å². The molecule has 2 rings (SSSR count). The summed E-state index contributed by atoms with van der Waals surface area (Å²) in [7, 11) is -3.93. The summed E-state index contributed by atoms with van der Waals surface area (Å²) in [6.45, 7) is 2.76. The third kappa shape index (κ3) is 5.64. The molecule has 27 heavy (non-hydrogen) atoms. The zero-order chi connectivity index (χ0) is 20.0. The summed E-state index contributed by atoms with van der Waals surface area (Å²) in [5.41, 5.74) is 1.23. The minimum Gasteiger partial charge on any atom is -0.326 e. The Morgan fingerprint density at radius 1 is 1.04 bits per heavy atom. The van der Waals surface area contributed by atoms with Crippen LogP contribution in [0.15, 0.2) is 53.4 Å². The minimum atomic E-state index is -3.93. The van der Waals surface area contributed by atoms with E-state index in [0.29, 0.717) is 16.9 Å². The molecule has 8 nitrogen and oxygen atoms in total. The van der Waals surface area contributed by atoms with Gasteiger partial charge in [-0.1, -0.05) is 6.07 Å². The summed E-state index contributed by atoms with van der Waals surface area (Å²) in [4.78, 5) is 23.2. The molecule has 0 aliphatic heterocycles. The Morgan fingerprint density at radius 2 is 1.70 bits per heavy atom. The second kappa shape index (κ2) is 8.44. The summed E-state index contributed by atoms with van der Waals surface area (Å²) in [6, 6.07) is 12.8. The van der Waals surface area contributed by atoms with E-state index >= 15 is 0 Å². The molecule has 9 heteroatoms. The van der Waals surface area contributed by atoms with Crippen molar-refractivity contribution in [1.29, 1.82) is 5.26 Å². The van der Waals surface area contributed by atoms with Gasteiger partial charge in [0.25, 0.3) is 0 Å². The lowest BCUT2D eigenvalue weighted by molar-refractivity contribution is -0.117. The summed E-state index contributed by atoms with van der Waals surface area (Å²) in [5.74, 6) is -0.835. The second-order valence-corrected chi connectivity index (χ2v) is 7.44. The first kappa shape index (κ1) is 20.1. The number of nitriles is 1. The van der Waals surface area contributed by atoms with Crippen LogP contribution in [-0.4, -0.2) is 26.3 Å². The topological polar surface area (TPSA) is 128 Å². The standard InChI is InChI=1S/C18H18N4O4S/c1-12(18(24)21-16-5-3-4-14(10-16)11-19)22-27(25,26)17-8-6-15(7-9-17)20-13(2)23/h3-10,12,22H,1-2H3,(H,20,23)(H,21,24)/t12-/m0/s1. The number of anilines is 2. The van der Waals surface area contributed by atoms with Crippen molar-refractivity contribution in [3.63, 3.8) is 0 Å². The van der Waals surface area contributed by atoms with E-state index in [1.165, 1.54) is 44.2 Å². The Morgan fingerprint density at radius 3 is 2.30 bits per heavy atom. The molecular formula is C18H18N4O4S. The van der Waals surface area contributed by atoms with E-state index in [9.17, 15) is 18.0 Å². The van der Waals surface area contributed by atoms with Gasteiger partial charge in [-0.2, -0.15) is 9.98 Å². The Balaban J connectivity index is 2.06. The number of nitrogens with one attached hydrogen (secondary N) is 3. The molecular weight excluding hydrogens is 368 g/mol. The molecule has 3 N–H and O–H groups in total. The number of hydrogen-bond donors (Lipinski definition) is 3. The number of rotatable bonds is 6. The van der Waals surface area contributed by atoms with Crippen LogP contribution in [0.4, 0.5) is 11.4 Å². The molecule has 140 valence electrons. The van der Waals surface area contributed by atoms with Crippen LogP contribution in [0.3, 0.4) is 0 Å². The fourth-order valence-corrected chi connectivity index (χ4v) is 3.39. The third-order valence-electron chi connectivity index (χ3n) is 3.47. The maximum atomic E-state index is 12.4. The van der Waals surface area contributed by atoms with Gasteiger partial charge in [0.15, 0.2) is 0 Å². The van der Waals surface area contributed by atoms with Gasteiger partial charge in [0.2, 0.25) is 21.8 Å². The first-order valence-corrected chi connectivity index (χ1v) is 9.40. The molecule has 0 aliphatic carbocycles. The van der Waals surface area contributed by atoms with E-state index in [2.05, 4.69) is 15.4 Å². The fraction of sp³-hybridized carbons (Fsp3) is 0.167. The van der Waals surface area contributed by atoms with Crippen molar-refractivity contribution >= 4 is 33.2 Å². The first-order chi connectivity index (χ1) is 12.7.